The van der Waals surface area contributed by atoms with Gasteiger partial charge in [0.25, 0.3) is 5.69 Å². The van der Waals surface area contributed by atoms with E-state index in [-0.39, 0.29) is 23.1 Å². The number of nitrogens with zero attached hydrogens (tertiary/aromatic N) is 3. The molecule has 0 radical (unpaired) electrons. The molecule has 0 aliphatic rings. The van der Waals surface area contributed by atoms with E-state index in [4.69, 9.17) is 25.8 Å². The Kier molecular flexibility index (Phi) is 11.5. The van der Waals surface area contributed by atoms with E-state index in [0.717, 1.165) is 32.4 Å². The van der Waals surface area contributed by atoms with Crippen LogP contribution in [0.3, 0.4) is 0 Å². The number of amides is 1. The first-order valence-corrected chi connectivity index (χ1v) is 15.2. The molecular formula is C27H32ClN3O8S2. The Hall–Kier alpha value is -3.23. The van der Waals surface area contributed by atoms with E-state index in [1.54, 1.807) is 25.2 Å². The van der Waals surface area contributed by atoms with Crippen molar-refractivity contribution in [1.29, 1.82) is 0 Å². The highest BCUT2D eigenvalue weighted by Crippen LogP contribution is 2.30. The quantitative estimate of drug-likeness (QED) is 0.178. The highest BCUT2D eigenvalue weighted by molar-refractivity contribution is 7.89. The van der Waals surface area contributed by atoms with Gasteiger partial charge in [0.2, 0.25) is 15.9 Å². The van der Waals surface area contributed by atoms with Crippen molar-refractivity contribution in [2.24, 2.45) is 0 Å². The van der Waals surface area contributed by atoms with Gasteiger partial charge in [0.05, 0.1) is 43.7 Å². The first-order chi connectivity index (χ1) is 19.5. The summed E-state index contributed by atoms with van der Waals surface area (Å²) in [4.78, 5) is 26.6. The molecule has 3 aromatic rings. The Morgan fingerprint density at radius 3 is 2.39 bits per heavy atom. The maximum atomic E-state index is 13.7. The van der Waals surface area contributed by atoms with Crippen LogP contribution in [0.1, 0.15) is 16.0 Å². The molecule has 2 aromatic carbocycles. The highest BCUT2D eigenvalue weighted by atomic mass is 35.5. The van der Waals surface area contributed by atoms with Crippen molar-refractivity contribution in [1.82, 2.24) is 9.21 Å². The number of carbonyl (C=O) groups excluding carboxylic acids is 1. The molecule has 0 N–H and O–H groups in total. The molecule has 0 saturated heterocycles. The molecule has 3 rings (SSSR count). The lowest BCUT2D eigenvalue weighted by atomic mass is 10.1. The first-order valence-electron chi connectivity index (χ1n) is 12.5. The number of methoxy groups -OCH3 is 3. The number of hydrogen-bond acceptors (Lipinski definition) is 9. The molecule has 14 heteroatoms. The third-order valence-corrected chi connectivity index (χ3v) is 9.55. The molecule has 1 heterocycles. The normalized spacial score (nSPS) is 11.5. The molecule has 0 aliphatic heterocycles. The zero-order valence-corrected chi connectivity index (χ0v) is 25.6. The van der Waals surface area contributed by atoms with Crippen molar-refractivity contribution >= 4 is 44.6 Å². The number of benzene rings is 2. The summed E-state index contributed by atoms with van der Waals surface area (Å²) in [7, 11) is 0.189. The Balaban J connectivity index is 1.90. The standard InChI is InChI=1S/C27H32ClN3O8S2/c1-19-10-14-40-26(19)17-29(11-9-20-5-8-24(38-3)25(15-20)39-4)27(32)18-30(12-13-37-2)41(35,36)21-6-7-22(28)23(16-21)31(33)34/h5-8,10,14-16H,9,11-13,17-18H2,1-4H3. The van der Waals surface area contributed by atoms with Crippen LogP contribution in [-0.4, -0.2) is 76.0 Å². The van der Waals surface area contributed by atoms with Gasteiger partial charge in [0, 0.05) is 31.1 Å². The van der Waals surface area contributed by atoms with Crippen LogP contribution in [0.15, 0.2) is 52.7 Å². The Labute approximate surface area is 248 Å². The molecule has 1 amide bonds. The van der Waals surface area contributed by atoms with E-state index in [2.05, 4.69) is 0 Å². The number of nitro groups is 1. The maximum Gasteiger partial charge on any atom is 0.289 e. The van der Waals surface area contributed by atoms with E-state index in [1.807, 2.05) is 30.5 Å². The number of thiophene rings is 1. The molecule has 0 unspecified atom stereocenters. The first kappa shape index (κ1) is 32.3. The Morgan fingerprint density at radius 2 is 1.78 bits per heavy atom. The maximum absolute atomic E-state index is 13.7. The summed E-state index contributed by atoms with van der Waals surface area (Å²) < 4.78 is 43.9. The van der Waals surface area contributed by atoms with Gasteiger partial charge in [-0.2, -0.15) is 4.31 Å². The molecular weight excluding hydrogens is 594 g/mol. The number of sulfonamides is 1. The molecule has 1 aromatic heterocycles. The summed E-state index contributed by atoms with van der Waals surface area (Å²) in [6, 6.07) is 10.7. The fourth-order valence-electron chi connectivity index (χ4n) is 4.00. The minimum atomic E-state index is -4.31. The number of aryl methyl sites for hydroxylation is 1. The average Bonchev–Trinajstić information content (AvgIpc) is 3.36. The second-order valence-corrected chi connectivity index (χ2v) is 12.3. The van der Waals surface area contributed by atoms with Crippen LogP contribution in [0.2, 0.25) is 5.02 Å². The third-order valence-electron chi connectivity index (χ3n) is 6.38. The number of nitro benzene ring substituents is 1. The Morgan fingerprint density at radius 1 is 1.05 bits per heavy atom. The highest BCUT2D eigenvalue weighted by Gasteiger charge is 2.30. The predicted molar refractivity (Wildman–Crippen MR) is 156 cm³/mol. The van der Waals surface area contributed by atoms with Gasteiger partial charge in [-0.1, -0.05) is 17.7 Å². The van der Waals surface area contributed by atoms with Crippen molar-refractivity contribution in [2.45, 2.75) is 24.8 Å². The van der Waals surface area contributed by atoms with E-state index in [0.29, 0.717) is 31.0 Å². The monoisotopic (exact) mass is 625 g/mol. The zero-order chi connectivity index (χ0) is 30.2. The SMILES string of the molecule is COCCN(CC(=O)N(CCc1ccc(OC)c(OC)c1)Cc1sccc1C)S(=O)(=O)c1ccc(Cl)c([N+](=O)[O-])c1. The van der Waals surface area contributed by atoms with Crippen LogP contribution in [0.25, 0.3) is 0 Å². The number of halogens is 1. The summed E-state index contributed by atoms with van der Waals surface area (Å²) in [5.41, 5.74) is 1.38. The summed E-state index contributed by atoms with van der Waals surface area (Å²) in [5.74, 6) is 0.715. The van der Waals surface area contributed by atoms with Crippen molar-refractivity contribution in [3.63, 3.8) is 0 Å². The van der Waals surface area contributed by atoms with Crippen LogP contribution < -0.4 is 9.47 Å². The molecule has 0 aliphatic carbocycles. The molecule has 0 spiro atoms. The van der Waals surface area contributed by atoms with E-state index in [9.17, 15) is 23.3 Å². The summed E-state index contributed by atoms with van der Waals surface area (Å²) >= 11 is 7.40. The second-order valence-electron chi connectivity index (χ2n) is 8.98. The predicted octanol–water partition coefficient (Wildman–Crippen LogP) is 4.54. The second kappa shape index (κ2) is 14.6. The lowest BCUT2D eigenvalue weighted by Gasteiger charge is -2.27. The average molecular weight is 626 g/mol. The van der Waals surface area contributed by atoms with Gasteiger partial charge in [-0.3, -0.25) is 14.9 Å². The van der Waals surface area contributed by atoms with Crippen LogP contribution in [0, 0.1) is 17.0 Å². The van der Waals surface area contributed by atoms with Crippen LogP contribution in [0.5, 0.6) is 11.5 Å². The molecule has 11 nitrogen and oxygen atoms in total. The Bertz CT molecular complexity index is 1480. The lowest BCUT2D eigenvalue weighted by molar-refractivity contribution is -0.384. The number of rotatable bonds is 15. The summed E-state index contributed by atoms with van der Waals surface area (Å²) in [5, 5.41) is 13.1. The topological polar surface area (TPSA) is 129 Å². The minimum absolute atomic E-state index is 0.0118. The smallest absolute Gasteiger partial charge is 0.289 e. The van der Waals surface area contributed by atoms with Crippen molar-refractivity contribution in [2.75, 3.05) is 47.6 Å². The fraction of sp³-hybridized carbons (Fsp3) is 0.370. The molecule has 41 heavy (non-hydrogen) atoms. The number of hydrogen-bond donors (Lipinski definition) is 0. The van der Waals surface area contributed by atoms with Gasteiger partial charge in [-0.25, -0.2) is 8.42 Å². The van der Waals surface area contributed by atoms with Crippen molar-refractivity contribution in [3.8, 4) is 11.5 Å². The number of carbonyl (C=O) groups is 1. The molecule has 0 atom stereocenters. The van der Waals surface area contributed by atoms with Crippen LogP contribution in [-0.2, 0) is 32.5 Å². The van der Waals surface area contributed by atoms with Gasteiger partial charge in [0.1, 0.15) is 5.02 Å². The zero-order valence-electron chi connectivity index (χ0n) is 23.2. The van der Waals surface area contributed by atoms with Crippen molar-refractivity contribution < 1.29 is 32.3 Å². The van der Waals surface area contributed by atoms with Crippen LogP contribution >= 0.6 is 22.9 Å². The molecule has 0 fully saturated rings. The van der Waals surface area contributed by atoms with Crippen molar-refractivity contribution in [3.05, 3.63) is 79.0 Å². The van der Waals surface area contributed by atoms with Gasteiger partial charge < -0.3 is 19.1 Å². The fourth-order valence-corrected chi connectivity index (χ4v) is 6.50. The third kappa shape index (κ3) is 8.17. The summed E-state index contributed by atoms with van der Waals surface area (Å²) in [6.45, 7) is 1.93. The summed E-state index contributed by atoms with van der Waals surface area (Å²) in [6.07, 6.45) is 0.477. The van der Waals surface area contributed by atoms with Gasteiger partial charge in [0.15, 0.2) is 11.5 Å². The largest absolute Gasteiger partial charge is 0.493 e. The van der Waals surface area contributed by atoms with Gasteiger partial charge >= 0.3 is 0 Å². The lowest BCUT2D eigenvalue weighted by Crippen LogP contribution is -2.44. The van der Waals surface area contributed by atoms with Crippen LogP contribution in [0.4, 0.5) is 5.69 Å². The molecule has 0 saturated carbocycles. The van der Waals surface area contributed by atoms with Gasteiger partial charge in [-0.15, -0.1) is 11.3 Å². The molecule has 222 valence electrons. The van der Waals surface area contributed by atoms with E-state index in [1.165, 1.54) is 24.5 Å². The van der Waals surface area contributed by atoms with E-state index < -0.39 is 33.1 Å². The van der Waals surface area contributed by atoms with Gasteiger partial charge in [-0.05, 0) is 60.2 Å². The minimum Gasteiger partial charge on any atom is -0.493 e. The molecule has 0 bridgehead atoms. The number of ether oxygens (including phenoxy) is 3. The van der Waals surface area contributed by atoms with E-state index >= 15 is 0 Å².